The quantitative estimate of drug-likeness (QED) is 0.431. The Morgan fingerprint density at radius 2 is 1.81 bits per heavy atom. The number of benzene rings is 2. The Kier molecular flexibility index (Phi) is 7.56. The summed E-state index contributed by atoms with van der Waals surface area (Å²) in [4.78, 5) is 32.7. The van der Waals surface area contributed by atoms with Crippen LogP contribution in [0.1, 0.15) is 62.1 Å². The van der Waals surface area contributed by atoms with Gasteiger partial charge in [0, 0.05) is 36.3 Å². The standard InChI is InChI=1S/C29H35N3O4/c33-23-14-12-20(13-15-23)28(29(35)31-22-7-2-1-3-8-22)32(19-24-9-6-16-36-24)27(34)17-21-18-30-26-11-5-4-10-25(21)26/h4-5,10-15,18,22,24,28,30,33H,1-3,6-9,16-17,19H2,(H,31,35). The SMILES string of the molecule is O=C(NC1CCCCC1)C(c1ccc(O)cc1)N(CC1CCCO1)C(=O)Cc1c[nH]c2ccccc12. The van der Waals surface area contributed by atoms with Crippen molar-refractivity contribution in [3.8, 4) is 5.75 Å². The maximum absolute atomic E-state index is 13.9. The third-order valence-electron chi connectivity index (χ3n) is 7.48. The van der Waals surface area contributed by atoms with Crippen molar-refractivity contribution in [3.05, 3.63) is 65.9 Å². The zero-order chi connectivity index (χ0) is 24.9. The van der Waals surface area contributed by atoms with Crippen molar-refractivity contribution in [1.82, 2.24) is 15.2 Å². The van der Waals surface area contributed by atoms with Crippen LogP contribution in [-0.2, 0) is 20.7 Å². The number of amides is 2. The monoisotopic (exact) mass is 489 g/mol. The molecule has 3 N–H and O–H groups in total. The van der Waals surface area contributed by atoms with Gasteiger partial charge in [-0.25, -0.2) is 0 Å². The van der Waals surface area contributed by atoms with Crippen LogP contribution < -0.4 is 5.32 Å². The fourth-order valence-electron chi connectivity index (χ4n) is 5.56. The number of phenols is 1. The van der Waals surface area contributed by atoms with Gasteiger partial charge in [0.25, 0.3) is 0 Å². The maximum Gasteiger partial charge on any atom is 0.247 e. The molecule has 0 spiro atoms. The summed E-state index contributed by atoms with van der Waals surface area (Å²) in [5, 5.41) is 14.1. The number of aromatic nitrogens is 1. The number of fused-ring (bicyclic) bond motifs is 1. The number of aromatic amines is 1. The number of nitrogens with one attached hydrogen (secondary N) is 2. The van der Waals surface area contributed by atoms with Crippen molar-refractivity contribution in [3.63, 3.8) is 0 Å². The van der Waals surface area contributed by atoms with Crippen LogP contribution in [0, 0.1) is 0 Å². The number of nitrogens with zero attached hydrogens (tertiary/aromatic N) is 1. The van der Waals surface area contributed by atoms with Crippen LogP contribution in [0.25, 0.3) is 10.9 Å². The van der Waals surface area contributed by atoms with E-state index in [0.717, 1.165) is 55.0 Å². The van der Waals surface area contributed by atoms with Crippen LogP contribution in [0.2, 0.25) is 0 Å². The molecule has 0 radical (unpaired) electrons. The zero-order valence-corrected chi connectivity index (χ0v) is 20.6. The predicted octanol–water partition coefficient (Wildman–Crippen LogP) is 4.61. The molecular formula is C29H35N3O4. The zero-order valence-electron chi connectivity index (χ0n) is 20.6. The van der Waals surface area contributed by atoms with Crippen LogP contribution in [0.5, 0.6) is 5.75 Å². The van der Waals surface area contributed by atoms with E-state index in [0.29, 0.717) is 18.7 Å². The third-order valence-corrected chi connectivity index (χ3v) is 7.48. The van der Waals surface area contributed by atoms with Crippen molar-refractivity contribution in [2.45, 2.75) is 69.6 Å². The van der Waals surface area contributed by atoms with Crippen molar-refractivity contribution in [2.75, 3.05) is 13.2 Å². The van der Waals surface area contributed by atoms with Gasteiger partial charge in [-0.3, -0.25) is 9.59 Å². The first-order valence-corrected chi connectivity index (χ1v) is 13.1. The van der Waals surface area contributed by atoms with E-state index < -0.39 is 6.04 Å². The van der Waals surface area contributed by atoms with Crippen LogP contribution in [0.15, 0.2) is 54.7 Å². The number of rotatable bonds is 8. The average Bonchev–Trinajstić information content (AvgIpc) is 3.56. The lowest BCUT2D eigenvalue weighted by molar-refractivity contribution is -0.142. The van der Waals surface area contributed by atoms with Crippen molar-refractivity contribution >= 4 is 22.7 Å². The highest BCUT2D eigenvalue weighted by molar-refractivity contribution is 5.92. The van der Waals surface area contributed by atoms with Gasteiger partial charge in [0.2, 0.25) is 11.8 Å². The molecule has 1 aromatic heterocycles. The summed E-state index contributed by atoms with van der Waals surface area (Å²) in [6.45, 7) is 1.03. The molecule has 36 heavy (non-hydrogen) atoms. The summed E-state index contributed by atoms with van der Waals surface area (Å²) in [5.41, 5.74) is 2.58. The van der Waals surface area contributed by atoms with Gasteiger partial charge in [-0.05, 0) is 55.0 Å². The Morgan fingerprint density at radius 1 is 1.03 bits per heavy atom. The van der Waals surface area contributed by atoms with E-state index in [1.807, 2.05) is 30.5 Å². The molecule has 3 aromatic rings. The molecule has 0 bridgehead atoms. The van der Waals surface area contributed by atoms with Gasteiger partial charge in [-0.15, -0.1) is 0 Å². The number of hydrogen-bond acceptors (Lipinski definition) is 4. The number of hydrogen-bond donors (Lipinski definition) is 3. The van der Waals surface area contributed by atoms with Crippen molar-refractivity contribution in [2.24, 2.45) is 0 Å². The second kappa shape index (κ2) is 11.2. The molecule has 190 valence electrons. The summed E-state index contributed by atoms with van der Waals surface area (Å²) >= 11 is 0. The first-order valence-electron chi connectivity index (χ1n) is 13.1. The lowest BCUT2D eigenvalue weighted by Gasteiger charge is -2.34. The highest BCUT2D eigenvalue weighted by Crippen LogP contribution is 2.29. The first-order chi connectivity index (χ1) is 17.6. The van der Waals surface area contributed by atoms with Crippen LogP contribution in [0.4, 0.5) is 0 Å². The molecule has 7 heteroatoms. The Hall–Kier alpha value is -3.32. The highest BCUT2D eigenvalue weighted by atomic mass is 16.5. The van der Waals surface area contributed by atoms with Gasteiger partial charge in [0.15, 0.2) is 0 Å². The minimum absolute atomic E-state index is 0.0981. The molecule has 2 aliphatic rings. The molecule has 2 heterocycles. The van der Waals surface area contributed by atoms with Gasteiger partial charge >= 0.3 is 0 Å². The molecule has 1 aliphatic carbocycles. The summed E-state index contributed by atoms with van der Waals surface area (Å²) in [6.07, 6.45) is 9.11. The number of H-pyrrole nitrogens is 1. The van der Waals surface area contributed by atoms with E-state index in [1.165, 1.54) is 6.42 Å². The molecule has 2 amide bonds. The Balaban J connectivity index is 1.46. The normalized spacial score (nSPS) is 19.3. The van der Waals surface area contributed by atoms with E-state index in [9.17, 15) is 14.7 Å². The van der Waals surface area contributed by atoms with Crippen LogP contribution in [0.3, 0.4) is 0 Å². The van der Waals surface area contributed by atoms with E-state index >= 15 is 0 Å². The molecule has 7 nitrogen and oxygen atoms in total. The van der Waals surface area contributed by atoms with Gasteiger partial charge in [-0.2, -0.15) is 0 Å². The summed E-state index contributed by atoms with van der Waals surface area (Å²) < 4.78 is 5.90. The molecule has 1 saturated heterocycles. The first kappa shape index (κ1) is 24.4. The van der Waals surface area contributed by atoms with Crippen molar-refractivity contribution < 1.29 is 19.4 Å². The number of carbonyl (C=O) groups is 2. The summed E-state index contributed by atoms with van der Waals surface area (Å²) in [5.74, 6) is -0.161. The molecule has 2 atom stereocenters. The second-order valence-corrected chi connectivity index (χ2v) is 10.1. The fraction of sp³-hybridized carbons (Fsp3) is 0.448. The number of carbonyl (C=O) groups excluding carboxylic acids is 2. The highest BCUT2D eigenvalue weighted by Gasteiger charge is 2.35. The molecule has 2 fully saturated rings. The summed E-state index contributed by atoms with van der Waals surface area (Å²) in [7, 11) is 0. The van der Waals surface area contributed by atoms with Crippen LogP contribution >= 0.6 is 0 Å². The lowest BCUT2D eigenvalue weighted by atomic mass is 9.94. The number of ether oxygens (including phenoxy) is 1. The van der Waals surface area contributed by atoms with Gasteiger partial charge in [0.05, 0.1) is 12.5 Å². The summed E-state index contributed by atoms with van der Waals surface area (Å²) in [6, 6.07) is 13.9. The van der Waals surface area contributed by atoms with Gasteiger partial charge in [0.1, 0.15) is 11.8 Å². The van der Waals surface area contributed by atoms with E-state index in [2.05, 4.69) is 10.3 Å². The number of phenolic OH excluding ortho intramolecular Hbond substituents is 1. The van der Waals surface area contributed by atoms with E-state index in [1.54, 1.807) is 29.2 Å². The second-order valence-electron chi connectivity index (χ2n) is 10.1. The van der Waals surface area contributed by atoms with Gasteiger partial charge < -0.3 is 25.0 Å². The van der Waals surface area contributed by atoms with Crippen molar-refractivity contribution in [1.29, 1.82) is 0 Å². The molecule has 5 rings (SSSR count). The fourth-order valence-corrected chi connectivity index (χ4v) is 5.56. The molecule has 2 unspecified atom stereocenters. The third kappa shape index (κ3) is 5.57. The predicted molar refractivity (Wildman–Crippen MR) is 139 cm³/mol. The topological polar surface area (TPSA) is 94.7 Å². The molecule has 1 aliphatic heterocycles. The average molecular weight is 490 g/mol. The van der Waals surface area contributed by atoms with Crippen LogP contribution in [-0.4, -0.2) is 52.1 Å². The van der Waals surface area contributed by atoms with E-state index in [-0.39, 0.29) is 36.1 Å². The molecular weight excluding hydrogens is 454 g/mol. The molecule has 1 saturated carbocycles. The largest absolute Gasteiger partial charge is 0.508 e. The lowest BCUT2D eigenvalue weighted by Crippen LogP contribution is -2.49. The maximum atomic E-state index is 13.9. The Bertz CT molecular complexity index is 1180. The minimum atomic E-state index is -0.797. The van der Waals surface area contributed by atoms with E-state index in [4.69, 9.17) is 4.74 Å². The van der Waals surface area contributed by atoms with Gasteiger partial charge in [-0.1, -0.05) is 49.6 Å². The smallest absolute Gasteiger partial charge is 0.247 e. The number of para-hydroxylation sites is 1. The Morgan fingerprint density at radius 3 is 2.56 bits per heavy atom. The Labute approximate surface area is 211 Å². The minimum Gasteiger partial charge on any atom is -0.508 e. The number of aromatic hydroxyl groups is 1. The molecule has 2 aromatic carbocycles.